The number of alkyl carbamates (subject to hydrolysis) is 2. The van der Waals surface area contributed by atoms with Crippen LogP contribution in [0.2, 0.25) is 20.1 Å². The molecule has 95 heavy (non-hydrogen) atoms. The summed E-state index contributed by atoms with van der Waals surface area (Å²) in [5, 5.41) is 23.0. The van der Waals surface area contributed by atoms with Gasteiger partial charge in [-0.25, -0.2) is 27.2 Å². The molecule has 0 spiro atoms. The lowest BCUT2D eigenvalue weighted by Crippen LogP contribution is -2.56. The number of likely N-dealkylation sites (tertiary alicyclic amines) is 1. The lowest BCUT2D eigenvalue weighted by Gasteiger charge is -2.42. The topological polar surface area (TPSA) is 291 Å². The average Bonchev–Trinajstić information content (AvgIpc) is 1.06. The molecular weight excluding hydrogens is 1330 g/mol. The number of piperidine rings is 1. The van der Waals surface area contributed by atoms with Gasteiger partial charge in [0.2, 0.25) is 41.4 Å². The zero-order valence-corrected chi connectivity index (χ0v) is 56.6. The summed E-state index contributed by atoms with van der Waals surface area (Å²) >= 11 is 23.5. The van der Waals surface area contributed by atoms with Crippen molar-refractivity contribution in [2.75, 3.05) is 30.3 Å². The van der Waals surface area contributed by atoms with Crippen molar-refractivity contribution in [3.05, 3.63) is 126 Å². The number of nitrogens with one attached hydrogen (secondary N) is 6. The van der Waals surface area contributed by atoms with E-state index < -0.39 is 135 Å². The van der Waals surface area contributed by atoms with Gasteiger partial charge in [-0.05, 0) is 158 Å². The number of halogens is 8. The monoisotopic (exact) mass is 1410 g/mol. The van der Waals surface area contributed by atoms with Gasteiger partial charge in [0.05, 0.1) is 37.9 Å². The Balaban J connectivity index is 0.000000304. The summed E-state index contributed by atoms with van der Waals surface area (Å²) < 4.78 is 68.3. The molecule has 1 saturated heterocycles. The van der Waals surface area contributed by atoms with Crippen molar-refractivity contribution in [1.29, 1.82) is 0 Å². The van der Waals surface area contributed by atoms with E-state index in [1.54, 1.807) is 52.5 Å². The number of amides is 9. The van der Waals surface area contributed by atoms with Crippen LogP contribution in [-0.2, 0) is 73.8 Å². The Bertz CT molecular complexity index is 3570. The van der Waals surface area contributed by atoms with Crippen LogP contribution in [0.15, 0.2) is 60.7 Å². The predicted molar refractivity (Wildman–Crippen MR) is 346 cm³/mol. The van der Waals surface area contributed by atoms with Crippen molar-refractivity contribution in [2.24, 2.45) is 0 Å². The molecule has 0 radical (unpaired) electrons. The zero-order chi connectivity index (χ0) is 70.4. The fraction of sp³-hybridized carbons (Fsp3) is 0.477. The first kappa shape index (κ1) is 76.1. The largest absolute Gasteiger partial charge is 0.481 e. The molecule has 0 aliphatic carbocycles. The molecule has 4 aromatic rings. The summed E-state index contributed by atoms with van der Waals surface area (Å²) in [6.07, 6.45) is -0.409. The van der Waals surface area contributed by atoms with Crippen molar-refractivity contribution >= 4 is 117 Å². The highest BCUT2D eigenvalue weighted by Gasteiger charge is 2.40. The summed E-state index contributed by atoms with van der Waals surface area (Å²) in [4.78, 5) is 134. The van der Waals surface area contributed by atoms with Gasteiger partial charge in [0.25, 0.3) is 0 Å². The van der Waals surface area contributed by atoms with Gasteiger partial charge < -0.3 is 61.2 Å². The molecule has 0 unspecified atom stereocenters. The SMILES string of the molecule is CC(C)(C)OC(=O)NCC[C@H](NC(=O)[C@@H]1Cc2cc(F)ccc2CN1C(=O)CCC(=O)N1CCCCC1(C)C)C(=O)Nc1ccc(Cl)c(Cl)c1F.CC(C)(C)OC(=O)NCC[C@H](NC(=O)[C@@H]1Cc2cc(F)ccc2CN1C(=O)CCC(=O)O)C(=O)Nc1ccc(Cl)c(Cl)c1F. The van der Waals surface area contributed by atoms with Crippen LogP contribution in [-0.4, -0.2) is 140 Å². The molecule has 1 fully saturated rings. The number of ether oxygens (including phenoxy) is 2. The molecule has 3 aliphatic rings. The number of hydrogen-bond acceptors (Lipinski definition) is 12. The highest BCUT2D eigenvalue weighted by molar-refractivity contribution is 6.43. The molecule has 0 saturated carbocycles. The maximum atomic E-state index is 14.9. The molecular formula is C65H77Cl4F4N9O13. The maximum Gasteiger partial charge on any atom is 0.407 e. The zero-order valence-electron chi connectivity index (χ0n) is 53.6. The predicted octanol–water partition coefficient (Wildman–Crippen LogP) is 10.6. The number of carboxylic acids is 1. The van der Waals surface area contributed by atoms with E-state index in [0.29, 0.717) is 28.8 Å². The number of hydrogen-bond donors (Lipinski definition) is 7. The van der Waals surface area contributed by atoms with Gasteiger partial charge in [-0.1, -0.05) is 58.5 Å². The van der Waals surface area contributed by atoms with Crippen LogP contribution in [0, 0.1) is 23.3 Å². The van der Waals surface area contributed by atoms with Gasteiger partial charge in [-0.3, -0.25) is 38.4 Å². The summed E-state index contributed by atoms with van der Waals surface area (Å²) in [6, 6.07) is 7.82. The molecule has 0 aromatic heterocycles. The molecule has 3 aliphatic heterocycles. The first-order chi connectivity index (χ1) is 44.4. The van der Waals surface area contributed by atoms with Crippen LogP contribution in [0.5, 0.6) is 0 Å². The minimum Gasteiger partial charge on any atom is -0.481 e. The molecule has 7 N–H and O–H groups in total. The van der Waals surface area contributed by atoms with Gasteiger partial charge in [-0.2, -0.15) is 0 Å². The number of carboxylic acid groups (broad SMARTS) is 1. The lowest BCUT2D eigenvalue weighted by molar-refractivity contribution is -0.145. The third-order valence-electron chi connectivity index (χ3n) is 15.5. The lowest BCUT2D eigenvalue weighted by atomic mass is 9.90. The van der Waals surface area contributed by atoms with E-state index >= 15 is 0 Å². The van der Waals surface area contributed by atoms with Gasteiger partial charge >= 0.3 is 18.2 Å². The third kappa shape index (κ3) is 22.1. The number of carbonyl (C=O) groups is 10. The first-order valence-corrected chi connectivity index (χ1v) is 32.0. The van der Waals surface area contributed by atoms with E-state index in [2.05, 4.69) is 31.9 Å². The number of anilines is 2. The Morgan fingerprint density at radius 2 is 0.968 bits per heavy atom. The van der Waals surface area contributed by atoms with E-state index in [1.165, 1.54) is 64.4 Å². The molecule has 7 rings (SSSR count). The Kier molecular flexibility index (Phi) is 26.5. The summed E-state index contributed by atoms with van der Waals surface area (Å²) in [5.74, 6) is -8.80. The van der Waals surface area contributed by atoms with Crippen LogP contribution in [0.4, 0.5) is 38.5 Å². The van der Waals surface area contributed by atoms with Crippen LogP contribution >= 0.6 is 46.4 Å². The first-order valence-electron chi connectivity index (χ1n) is 30.5. The molecule has 30 heteroatoms. The molecule has 3 heterocycles. The van der Waals surface area contributed by atoms with Crippen molar-refractivity contribution in [3.63, 3.8) is 0 Å². The second-order valence-electron chi connectivity index (χ2n) is 25.5. The van der Waals surface area contributed by atoms with Crippen molar-refractivity contribution < 1.29 is 80.1 Å². The molecule has 0 bridgehead atoms. The van der Waals surface area contributed by atoms with E-state index in [1.807, 2.05) is 13.8 Å². The van der Waals surface area contributed by atoms with Crippen molar-refractivity contribution in [2.45, 2.75) is 180 Å². The number of fused-ring (bicyclic) bond motifs is 2. The number of rotatable bonds is 20. The highest BCUT2D eigenvalue weighted by Crippen LogP contribution is 2.34. The standard InChI is InChI=1S/C36H45Cl2F2N5O6.C29H32Cl2F2N4O7/c1-35(2,3)51-34(50)41-16-14-26(32(48)42-25-11-10-24(37)30(38)31(25)40)43-33(49)27-19-22-18-23(39)9-8-21(22)20-44(27)28(46)12-13-29(47)45-17-7-6-15-36(45,4)5;1-29(2,3)44-28(43)34-11-10-20(26(41)35-19-7-6-18(30)24(31)25(19)33)36-27(42)21-13-16-12-17(32)5-4-15(16)14-37(21)22(38)8-9-23(39)40/h8-11,18,26-27H,6-7,12-17,19-20H2,1-5H3,(H,41,50)(H,42,48)(H,43,49);4-7,12,20-21H,8-11,13-14H2,1-3H3,(H,34,43)(H,35,41)(H,36,42)(H,39,40)/t26-,27-;20-,21-/m00/s1. The smallest absolute Gasteiger partial charge is 0.407 e. The van der Waals surface area contributed by atoms with Gasteiger partial charge in [0, 0.05) is 70.4 Å². The summed E-state index contributed by atoms with van der Waals surface area (Å²) in [7, 11) is 0. The number of nitrogens with zero attached hydrogens (tertiary/aromatic N) is 3. The summed E-state index contributed by atoms with van der Waals surface area (Å²) in [6.45, 7) is 14.2. The minimum absolute atomic E-state index is 0.0263. The van der Waals surface area contributed by atoms with Crippen LogP contribution in [0.1, 0.15) is 135 Å². The van der Waals surface area contributed by atoms with E-state index in [9.17, 15) is 65.5 Å². The van der Waals surface area contributed by atoms with Gasteiger partial charge in [0.1, 0.15) is 47.0 Å². The van der Waals surface area contributed by atoms with Crippen molar-refractivity contribution in [1.82, 2.24) is 36.0 Å². The maximum absolute atomic E-state index is 14.9. The van der Waals surface area contributed by atoms with E-state index in [-0.39, 0.29) is 97.6 Å². The van der Waals surface area contributed by atoms with Crippen molar-refractivity contribution in [3.8, 4) is 0 Å². The number of benzene rings is 4. The van der Waals surface area contributed by atoms with Crippen LogP contribution < -0.4 is 31.9 Å². The Morgan fingerprint density at radius 1 is 0.568 bits per heavy atom. The number of carbonyl (C=O) groups excluding carboxylic acids is 9. The fourth-order valence-corrected chi connectivity index (χ4v) is 11.3. The Morgan fingerprint density at radius 3 is 1.36 bits per heavy atom. The van der Waals surface area contributed by atoms with Gasteiger partial charge in [-0.15, -0.1) is 0 Å². The normalized spacial score (nSPS) is 16.4. The molecule has 22 nitrogen and oxygen atoms in total. The second-order valence-corrected chi connectivity index (χ2v) is 27.1. The molecule has 4 atom stereocenters. The Hall–Kier alpha value is -7.94. The quantitative estimate of drug-likeness (QED) is 0.0320. The fourth-order valence-electron chi connectivity index (χ4n) is 10.7. The molecule has 4 aromatic carbocycles. The average molecular weight is 1410 g/mol. The van der Waals surface area contributed by atoms with E-state index in [0.717, 1.165) is 19.3 Å². The van der Waals surface area contributed by atoms with Gasteiger partial charge in [0.15, 0.2) is 11.6 Å². The molecule has 516 valence electrons. The molecule has 9 amide bonds. The highest BCUT2D eigenvalue weighted by atomic mass is 35.5. The minimum atomic E-state index is -1.38. The van der Waals surface area contributed by atoms with E-state index in [4.69, 9.17) is 61.0 Å². The number of aliphatic carboxylic acids is 1. The van der Waals surface area contributed by atoms with Crippen LogP contribution in [0.25, 0.3) is 0 Å². The third-order valence-corrected chi connectivity index (χ3v) is 17.0. The van der Waals surface area contributed by atoms with Crippen LogP contribution in [0.3, 0.4) is 0 Å². The summed E-state index contributed by atoms with van der Waals surface area (Å²) in [5.41, 5.74) is -0.355. The Labute approximate surface area is 567 Å². The second kappa shape index (κ2) is 33.1.